The summed E-state index contributed by atoms with van der Waals surface area (Å²) in [7, 11) is 1.89. The Morgan fingerprint density at radius 2 is 1.04 bits per heavy atom. The minimum atomic E-state index is -4.42. The van der Waals surface area contributed by atoms with Crippen LogP contribution in [0.2, 0.25) is 0 Å². The second kappa shape index (κ2) is 23.3. The third-order valence-corrected chi connectivity index (χ3v) is 12.8. The molecule has 364 valence electrons. The number of anilines is 1. The Morgan fingerprint density at radius 3 is 1.46 bits per heavy atom. The number of imidazole rings is 1. The number of nitrogens with two attached hydrogens (primary N) is 3. The van der Waals surface area contributed by atoms with Crippen LogP contribution in [-0.4, -0.2) is 112 Å². The van der Waals surface area contributed by atoms with E-state index >= 15 is 0 Å². The number of piperazine rings is 1. The van der Waals surface area contributed by atoms with E-state index in [0.717, 1.165) is 81.2 Å². The van der Waals surface area contributed by atoms with Crippen molar-refractivity contribution in [1.82, 2.24) is 34.2 Å². The largest absolute Gasteiger partial charge is 0.433 e. The normalized spacial score (nSPS) is 19.1. The molecule has 0 aliphatic carbocycles. The molecule has 0 bridgehead atoms. The van der Waals surface area contributed by atoms with Gasteiger partial charge in [0.05, 0.1) is 6.04 Å². The molecule has 3 aromatic heterocycles. The van der Waals surface area contributed by atoms with Gasteiger partial charge in [-0.15, -0.1) is 0 Å². The molecule has 8 rings (SSSR count). The first kappa shape index (κ1) is 51.3. The van der Waals surface area contributed by atoms with Crippen LogP contribution in [0, 0.1) is 0 Å². The summed E-state index contributed by atoms with van der Waals surface area (Å²) in [5.41, 5.74) is 19.8. The van der Waals surface area contributed by atoms with Crippen LogP contribution in [0.4, 0.5) is 40.8 Å². The Hall–Kier alpha value is -5.05. The van der Waals surface area contributed by atoms with E-state index in [9.17, 15) is 35.1 Å². The van der Waals surface area contributed by atoms with Gasteiger partial charge in [-0.3, -0.25) is 24.7 Å². The summed E-state index contributed by atoms with van der Waals surface area (Å²) in [4.78, 5) is 20.1. The first-order valence-corrected chi connectivity index (χ1v) is 22.6. The monoisotopic (exact) mass is 943 g/mol. The molecule has 3 aliphatic rings. The summed E-state index contributed by atoms with van der Waals surface area (Å²) in [5, 5.41) is 0. The molecule has 2 aromatic carbocycles. The number of para-hydroxylation sites is 1. The first-order valence-electron chi connectivity index (χ1n) is 22.6. The standard InChI is InChI=1S/C19H22F3N3.C18H21F3N4.C11H18F2N4/c20-19(21,22)18-7-6-16(13-24-18)17(12-23)25-10-8-15(9-11-25)14-4-2-1-3-5-14;19-18(20,21)17-7-6-14(13-23-17)16(12-22)25-10-8-24(9-11-25)15-4-2-1-3-5-15;1-16-7-4-15-10(16)9(8-14)17-5-2-11(12,13)3-6-17/h1-7,13,15,17H,8-12,23H2;1-7,13,16H,8-12,22H2;4,7,9H,2-3,5-6,8,14H2,1H3. The van der Waals surface area contributed by atoms with Crippen LogP contribution >= 0.6 is 0 Å². The number of hydrogen-bond acceptors (Lipinski definition) is 10. The average molecular weight is 944 g/mol. The van der Waals surface area contributed by atoms with Gasteiger partial charge in [-0.25, -0.2) is 13.8 Å². The van der Waals surface area contributed by atoms with Crippen molar-refractivity contribution in [2.24, 2.45) is 24.2 Å². The van der Waals surface area contributed by atoms with Crippen molar-refractivity contribution in [3.8, 4) is 0 Å². The number of hydrogen-bond donors (Lipinski definition) is 3. The maximum atomic E-state index is 13.1. The maximum absolute atomic E-state index is 13.1. The highest BCUT2D eigenvalue weighted by atomic mass is 19.4. The van der Waals surface area contributed by atoms with Crippen molar-refractivity contribution in [1.29, 1.82) is 0 Å². The lowest BCUT2D eigenvalue weighted by molar-refractivity contribution is -0.142. The number of piperidine rings is 2. The van der Waals surface area contributed by atoms with Gasteiger partial charge in [0.2, 0.25) is 0 Å². The van der Waals surface area contributed by atoms with Crippen molar-refractivity contribution in [3.63, 3.8) is 0 Å². The minimum Gasteiger partial charge on any atom is -0.369 e. The number of alkyl halides is 8. The number of aromatic nitrogens is 4. The fourth-order valence-electron chi connectivity index (χ4n) is 9.01. The van der Waals surface area contributed by atoms with Crippen molar-refractivity contribution >= 4 is 5.69 Å². The van der Waals surface area contributed by atoms with Crippen LogP contribution in [0.15, 0.2) is 110 Å². The lowest BCUT2D eigenvalue weighted by atomic mass is 9.88. The van der Waals surface area contributed by atoms with E-state index in [2.05, 4.69) is 66.0 Å². The van der Waals surface area contributed by atoms with E-state index in [1.54, 1.807) is 6.20 Å². The van der Waals surface area contributed by atoms with E-state index in [-0.39, 0.29) is 31.0 Å². The smallest absolute Gasteiger partial charge is 0.369 e. The Labute approximate surface area is 387 Å². The van der Waals surface area contributed by atoms with Crippen molar-refractivity contribution in [3.05, 3.63) is 144 Å². The molecular formula is C48H61F8N11. The van der Waals surface area contributed by atoms with Gasteiger partial charge in [-0.05, 0) is 72.8 Å². The average Bonchev–Trinajstić information content (AvgIpc) is 3.76. The zero-order chi connectivity index (χ0) is 48.2. The van der Waals surface area contributed by atoms with Crippen LogP contribution in [0.1, 0.15) is 83.6 Å². The molecule has 19 heteroatoms. The highest BCUT2D eigenvalue weighted by Gasteiger charge is 2.38. The topological polar surface area (TPSA) is 135 Å². The fraction of sp³-hybridized carbons (Fsp3) is 0.479. The molecule has 0 amide bonds. The SMILES string of the molecule is Cn1ccnc1C(CN)N1CCC(F)(F)CC1.NCC(c1ccc(C(F)(F)F)nc1)N1CCC(c2ccccc2)CC1.NCC(c1ccc(C(F)(F)F)nc1)N1CCN(c2ccccc2)CC1. The summed E-state index contributed by atoms with van der Waals surface area (Å²) >= 11 is 0. The van der Waals surface area contributed by atoms with Crippen LogP contribution < -0.4 is 22.1 Å². The summed E-state index contributed by atoms with van der Waals surface area (Å²) in [6.07, 6.45) is -0.811. The number of aryl methyl sites for hydroxylation is 1. The number of halogens is 8. The van der Waals surface area contributed by atoms with Gasteiger partial charge >= 0.3 is 12.4 Å². The third-order valence-electron chi connectivity index (χ3n) is 12.8. The molecule has 0 spiro atoms. The van der Waals surface area contributed by atoms with Gasteiger partial charge in [-0.1, -0.05) is 60.7 Å². The Balaban J connectivity index is 0.000000169. The number of nitrogens with zero attached hydrogens (tertiary/aromatic N) is 8. The summed E-state index contributed by atoms with van der Waals surface area (Å²) in [5.74, 6) is -1.14. The first-order chi connectivity index (χ1) is 32.0. The molecule has 0 saturated carbocycles. The molecule has 3 saturated heterocycles. The van der Waals surface area contributed by atoms with Crippen LogP contribution in [-0.2, 0) is 19.4 Å². The number of likely N-dealkylation sites (tertiary alicyclic amines) is 2. The lowest BCUT2D eigenvalue weighted by Crippen LogP contribution is -2.49. The lowest BCUT2D eigenvalue weighted by Gasteiger charge is -2.40. The number of pyridine rings is 2. The summed E-state index contributed by atoms with van der Waals surface area (Å²) in [6, 6.07) is 25.4. The Bertz CT molecular complexity index is 2060. The zero-order valence-corrected chi connectivity index (χ0v) is 37.6. The Kier molecular flexibility index (Phi) is 17.9. The predicted octanol–water partition coefficient (Wildman–Crippen LogP) is 8.05. The van der Waals surface area contributed by atoms with Crippen molar-refractivity contribution in [2.45, 2.75) is 68.0 Å². The second-order valence-electron chi connectivity index (χ2n) is 17.1. The highest BCUT2D eigenvalue weighted by molar-refractivity contribution is 5.46. The molecule has 6 heterocycles. The quantitative estimate of drug-likeness (QED) is 0.112. The molecule has 3 unspecified atom stereocenters. The molecular weight excluding hydrogens is 883 g/mol. The molecule has 5 aromatic rings. The van der Waals surface area contributed by atoms with Gasteiger partial charge in [0.15, 0.2) is 0 Å². The highest BCUT2D eigenvalue weighted by Crippen LogP contribution is 2.35. The predicted molar refractivity (Wildman–Crippen MR) is 243 cm³/mol. The van der Waals surface area contributed by atoms with E-state index < -0.39 is 29.7 Å². The van der Waals surface area contributed by atoms with E-state index in [1.807, 2.05) is 47.0 Å². The molecule has 6 N–H and O–H groups in total. The second-order valence-corrected chi connectivity index (χ2v) is 17.1. The van der Waals surface area contributed by atoms with E-state index in [1.165, 1.54) is 35.8 Å². The number of rotatable bonds is 11. The molecule has 67 heavy (non-hydrogen) atoms. The molecule has 0 radical (unpaired) electrons. The van der Waals surface area contributed by atoms with E-state index in [0.29, 0.717) is 38.6 Å². The zero-order valence-electron chi connectivity index (χ0n) is 37.6. The maximum Gasteiger partial charge on any atom is 0.433 e. The van der Waals surface area contributed by atoms with Crippen LogP contribution in [0.25, 0.3) is 0 Å². The van der Waals surface area contributed by atoms with Gasteiger partial charge in [0.25, 0.3) is 5.92 Å². The minimum absolute atomic E-state index is 0.0638. The third kappa shape index (κ3) is 14.0. The summed E-state index contributed by atoms with van der Waals surface area (Å²) in [6.45, 7) is 6.94. The Morgan fingerprint density at radius 1 is 0.582 bits per heavy atom. The summed E-state index contributed by atoms with van der Waals surface area (Å²) < 4.78 is 104. The fourth-order valence-corrected chi connectivity index (χ4v) is 9.01. The molecule has 11 nitrogen and oxygen atoms in total. The van der Waals surface area contributed by atoms with Crippen LogP contribution in [0.3, 0.4) is 0 Å². The number of benzene rings is 2. The van der Waals surface area contributed by atoms with E-state index in [4.69, 9.17) is 17.2 Å². The molecule has 3 fully saturated rings. The van der Waals surface area contributed by atoms with Gasteiger partial charge < -0.3 is 26.7 Å². The van der Waals surface area contributed by atoms with Gasteiger partial charge in [0.1, 0.15) is 17.2 Å². The molecule has 3 atom stereocenters. The molecule has 3 aliphatic heterocycles. The van der Waals surface area contributed by atoms with Crippen molar-refractivity contribution < 1.29 is 35.1 Å². The van der Waals surface area contributed by atoms with Crippen molar-refractivity contribution in [2.75, 3.05) is 76.9 Å². The van der Waals surface area contributed by atoms with Gasteiger partial charge in [0, 0.05) is 121 Å². The van der Waals surface area contributed by atoms with Gasteiger partial charge in [-0.2, -0.15) is 26.3 Å². The van der Waals surface area contributed by atoms with Crippen LogP contribution in [0.5, 0.6) is 0 Å².